The van der Waals surface area contributed by atoms with Gasteiger partial charge in [-0.1, -0.05) is 12.6 Å². The summed E-state index contributed by atoms with van der Waals surface area (Å²) >= 11 is 0. The molecule has 0 unspecified atom stereocenters. The average molecular weight is 252 g/mol. The molecule has 0 amide bonds. The molecule has 4 nitrogen and oxygen atoms in total. The molecular formula is C14H20O4. The first-order valence-electron chi connectivity index (χ1n) is 5.95. The SMILES string of the molecule is C=COCCOc1ccc(CCCO)cc1OC. The van der Waals surface area contributed by atoms with E-state index in [0.717, 1.165) is 18.4 Å². The standard InChI is InChI=1S/C14H20O4/c1-3-17-9-10-18-13-7-6-12(5-4-8-15)11-14(13)16-2/h3,6-7,11,15H,1,4-5,8-10H2,2H3. The van der Waals surface area contributed by atoms with E-state index in [1.165, 1.54) is 6.26 Å². The first-order chi connectivity index (χ1) is 8.81. The monoisotopic (exact) mass is 252 g/mol. The second-order valence-corrected chi connectivity index (χ2v) is 3.70. The fraction of sp³-hybridized carbons (Fsp3) is 0.429. The third kappa shape index (κ3) is 4.67. The summed E-state index contributed by atoms with van der Waals surface area (Å²) in [4.78, 5) is 0. The maximum absolute atomic E-state index is 8.80. The summed E-state index contributed by atoms with van der Waals surface area (Å²) in [6, 6.07) is 5.78. The summed E-state index contributed by atoms with van der Waals surface area (Å²) in [7, 11) is 1.61. The summed E-state index contributed by atoms with van der Waals surface area (Å²) in [6.45, 7) is 4.55. The Morgan fingerprint density at radius 2 is 2.11 bits per heavy atom. The third-order valence-corrected chi connectivity index (χ3v) is 2.43. The highest BCUT2D eigenvalue weighted by molar-refractivity contribution is 5.43. The molecule has 0 spiro atoms. The van der Waals surface area contributed by atoms with Crippen LogP contribution < -0.4 is 9.47 Å². The molecule has 4 heteroatoms. The van der Waals surface area contributed by atoms with E-state index < -0.39 is 0 Å². The molecule has 0 fully saturated rings. The molecule has 0 aliphatic rings. The minimum atomic E-state index is 0.194. The Bertz CT molecular complexity index is 363. The van der Waals surface area contributed by atoms with Crippen molar-refractivity contribution >= 4 is 0 Å². The largest absolute Gasteiger partial charge is 0.498 e. The molecule has 0 aliphatic heterocycles. The number of methoxy groups -OCH3 is 1. The lowest BCUT2D eigenvalue weighted by Gasteiger charge is -2.12. The number of benzene rings is 1. The number of aliphatic hydroxyl groups excluding tert-OH is 1. The fourth-order valence-electron chi connectivity index (χ4n) is 1.55. The van der Waals surface area contributed by atoms with Gasteiger partial charge in [0.1, 0.15) is 13.2 Å². The average Bonchev–Trinajstić information content (AvgIpc) is 2.42. The molecule has 1 N–H and O–H groups in total. The van der Waals surface area contributed by atoms with Crippen molar-refractivity contribution in [3.8, 4) is 11.5 Å². The van der Waals surface area contributed by atoms with Crippen molar-refractivity contribution in [2.75, 3.05) is 26.9 Å². The zero-order valence-corrected chi connectivity index (χ0v) is 10.7. The van der Waals surface area contributed by atoms with Gasteiger partial charge in [0.2, 0.25) is 0 Å². The summed E-state index contributed by atoms with van der Waals surface area (Å²) < 4.78 is 15.8. The van der Waals surface area contributed by atoms with E-state index in [1.807, 2.05) is 18.2 Å². The van der Waals surface area contributed by atoms with E-state index in [9.17, 15) is 0 Å². The van der Waals surface area contributed by atoms with Gasteiger partial charge in [0.25, 0.3) is 0 Å². The van der Waals surface area contributed by atoms with Crippen molar-refractivity contribution in [1.82, 2.24) is 0 Å². The van der Waals surface area contributed by atoms with E-state index >= 15 is 0 Å². The van der Waals surface area contributed by atoms with Gasteiger partial charge < -0.3 is 19.3 Å². The van der Waals surface area contributed by atoms with E-state index in [2.05, 4.69) is 6.58 Å². The van der Waals surface area contributed by atoms with Crippen molar-refractivity contribution in [1.29, 1.82) is 0 Å². The van der Waals surface area contributed by atoms with Gasteiger partial charge in [0.05, 0.1) is 13.4 Å². The van der Waals surface area contributed by atoms with Crippen LogP contribution in [0, 0.1) is 0 Å². The fourth-order valence-corrected chi connectivity index (χ4v) is 1.55. The van der Waals surface area contributed by atoms with Crippen molar-refractivity contribution in [3.05, 3.63) is 36.6 Å². The number of hydrogen-bond acceptors (Lipinski definition) is 4. The maximum atomic E-state index is 8.80. The molecule has 0 heterocycles. The second kappa shape index (κ2) is 8.42. The molecule has 0 saturated heterocycles. The lowest BCUT2D eigenvalue weighted by atomic mass is 10.1. The lowest BCUT2D eigenvalue weighted by Crippen LogP contribution is -2.05. The molecule has 0 atom stereocenters. The Balaban J connectivity index is 2.58. The highest BCUT2D eigenvalue weighted by Crippen LogP contribution is 2.28. The quantitative estimate of drug-likeness (QED) is 0.540. The van der Waals surface area contributed by atoms with Gasteiger partial charge in [-0.05, 0) is 30.5 Å². The Hall–Kier alpha value is -1.68. The molecular weight excluding hydrogens is 232 g/mol. The molecule has 18 heavy (non-hydrogen) atoms. The van der Waals surface area contributed by atoms with Crippen molar-refractivity contribution in [2.24, 2.45) is 0 Å². The van der Waals surface area contributed by atoms with Crippen molar-refractivity contribution in [3.63, 3.8) is 0 Å². The van der Waals surface area contributed by atoms with Crippen LogP contribution >= 0.6 is 0 Å². The Morgan fingerprint density at radius 3 is 2.78 bits per heavy atom. The number of ether oxygens (including phenoxy) is 3. The van der Waals surface area contributed by atoms with Crippen LogP contribution in [0.2, 0.25) is 0 Å². The van der Waals surface area contributed by atoms with Gasteiger partial charge in [-0.25, -0.2) is 0 Å². The molecule has 100 valence electrons. The van der Waals surface area contributed by atoms with Crippen LogP contribution in [0.1, 0.15) is 12.0 Å². The van der Waals surface area contributed by atoms with Crippen LogP contribution in [0.4, 0.5) is 0 Å². The summed E-state index contributed by atoms with van der Waals surface area (Å²) in [5, 5.41) is 8.80. The Kier molecular flexibility index (Phi) is 6.72. The number of hydrogen-bond donors (Lipinski definition) is 1. The molecule has 0 aliphatic carbocycles. The predicted molar refractivity (Wildman–Crippen MR) is 70.0 cm³/mol. The van der Waals surface area contributed by atoms with Crippen LogP contribution in [-0.2, 0) is 11.2 Å². The van der Waals surface area contributed by atoms with Crippen LogP contribution in [0.3, 0.4) is 0 Å². The molecule has 0 aromatic heterocycles. The highest BCUT2D eigenvalue weighted by atomic mass is 16.5. The van der Waals surface area contributed by atoms with Crippen molar-refractivity contribution in [2.45, 2.75) is 12.8 Å². The summed E-state index contributed by atoms with van der Waals surface area (Å²) in [6.07, 6.45) is 2.96. The molecule has 0 saturated carbocycles. The first-order valence-corrected chi connectivity index (χ1v) is 5.95. The summed E-state index contributed by atoms with van der Waals surface area (Å²) in [5.74, 6) is 1.39. The van der Waals surface area contributed by atoms with Gasteiger partial charge in [-0.2, -0.15) is 0 Å². The van der Waals surface area contributed by atoms with Crippen LogP contribution in [-0.4, -0.2) is 32.0 Å². The zero-order chi connectivity index (χ0) is 13.2. The Morgan fingerprint density at radius 1 is 1.28 bits per heavy atom. The van der Waals surface area contributed by atoms with Gasteiger partial charge in [-0.3, -0.25) is 0 Å². The predicted octanol–water partition coefficient (Wildman–Crippen LogP) is 2.16. The van der Waals surface area contributed by atoms with Crippen LogP contribution in [0.15, 0.2) is 31.0 Å². The zero-order valence-electron chi connectivity index (χ0n) is 10.7. The van der Waals surface area contributed by atoms with Gasteiger partial charge >= 0.3 is 0 Å². The van der Waals surface area contributed by atoms with Crippen molar-refractivity contribution < 1.29 is 19.3 Å². The lowest BCUT2D eigenvalue weighted by molar-refractivity contribution is 0.176. The number of aryl methyl sites for hydroxylation is 1. The molecule has 1 aromatic rings. The smallest absolute Gasteiger partial charge is 0.161 e. The van der Waals surface area contributed by atoms with Gasteiger partial charge in [-0.15, -0.1) is 0 Å². The minimum Gasteiger partial charge on any atom is -0.498 e. The van der Waals surface area contributed by atoms with Gasteiger partial charge in [0, 0.05) is 6.61 Å². The van der Waals surface area contributed by atoms with E-state index in [0.29, 0.717) is 24.7 Å². The molecule has 1 rings (SSSR count). The highest BCUT2D eigenvalue weighted by Gasteiger charge is 2.05. The third-order valence-electron chi connectivity index (χ3n) is 2.43. The maximum Gasteiger partial charge on any atom is 0.161 e. The topological polar surface area (TPSA) is 47.9 Å². The number of aliphatic hydroxyl groups is 1. The molecule has 0 bridgehead atoms. The van der Waals surface area contributed by atoms with Gasteiger partial charge in [0.15, 0.2) is 11.5 Å². The second-order valence-electron chi connectivity index (χ2n) is 3.70. The summed E-state index contributed by atoms with van der Waals surface area (Å²) in [5.41, 5.74) is 1.12. The minimum absolute atomic E-state index is 0.194. The van der Waals surface area contributed by atoms with Crippen LogP contribution in [0.25, 0.3) is 0 Å². The van der Waals surface area contributed by atoms with E-state index in [4.69, 9.17) is 19.3 Å². The molecule has 0 radical (unpaired) electrons. The Labute approximate surface area is 108 Å². The normalized spacial score (nSPS) is 9.89. The van der Waals surface area contributed by atoms with Crippen LogP contribution in [0.5, 0.6) is 11.5 Å². The molecule has 1 aromatic carbocycles. The first kappa shape index (κ1) is 14.4. The number of rotatable bonds is 9. The van der Waals surface area contributed by atoms with E-state index in [1.54, 1.807) is 7.11 Å². The van der Waals surface area contributed by atoms with E-state index in [-0.39, 0.29) is 6.61 Å².